The van der Waals surface area contributed by atoms with Gasteiger partial charge in [0.05, 0.1) is 5.71 Å². The number of carbonyl (C=O) groups excluding carboxylic acids is 1. The van der Waals surface area contributed by atoms with Crippen molar-refractivity contribution in [2.24, 2.45) is 17.0 Å². The van der Waals surface area contributed by atoms with Crippen LogP contribution in [0.2, 0.25) is 5.02 Å². The Morgan fingerprint density at radius 3 is 2.48 bits per heavy atom. The first-order valence-corrected chi connectivity index (χ1v) is 12.0. The van der Waals surface area contributed by atoms with Crippen LogP contribution in [0.4, 0.5) is 5.82 Å². The van der Waals surface area contributed by atoms with Gasteiger partial charge in [0.2, 0.25) is 5.91 Å². The molecule has 0 spiro atoms. The second-order valence-electron chi connectivity index (χ2n) is 8.88. The number of halogens is 1. The fraction of sp³-hybridized carbons (Fsp3) is 0.480. The summed E-state index contributed by atoms with van der Waals surface area (Å²) in [7, 11) is 1.56. The average molecular weight is 470 g/mol. The van der Waals surface area contributed by atoms with E-state index in [1.807, 2.05) is 41.3 Å². The van der Waals surface area contributed by atoms with Crippen molar-refractivity contribution in [1.82, 2.24) is 14.8 Å². The monoisotopic (exact) mass is 469 g/mol. The van der Waals surface area contributed by atoms with Crippen molar-refractivity contribution in [3.8, 4) is 0 Å². The number of likely N-dealkylation sites (tertiary alicyclic amines) is 2. The van der Waals surface area contributed by atoms with Crippen LogP contribution in [0.15, 0.2) is 47.8 Å². The van der Waals surface area contributed by atoms with Gasteiger partial charge in [-0.25, -0.2) is 4.98 Å². The van der Waals surface area contributed by atoms with E-state index in [-0.39, 0.29) is 11.8 Å². The molecule has 33 heavy (non-hydrogen) atoms. The van der Waals surface area contributed by atoms with E-state index in [1.54, 1.807) is 13.3 Å². The molecule has 2 aliphatic heterocycles. The van der Waals surface area contributed by atoms with E-state index in [0.717, 1.165) is 69.7 Å². The number of nitrogens with two attached hydrogens (primary N) is 1. The molecule has 0 aliphatic carbocycles. The number of anilines is 1. The Morgan fingerprint density at radius 1 is 1.12 bits per heavy atom. The molecule has 0 bridgehead atoms. The van der Waals surface area contributed by atoms with Crippen LogP contribution in [0.25, 0.3) is 0 Å². The van der Waals surface area contributed by atoms with Gasteiger partial charge in [-0.15, -0.1) is 0 Å². The quantitative estimate of drug-likeness (QED) is 0.513. The van der Waals surface area contributed by atoms with E-state index in [4.69, 9.17) is 22.2 Å². The highest BCUT2D eigenvalue weighted by Gasteiger charge is 2.33. The lowest BCUT2D eigenvalue weighted by molar-refractivity contribution is -0.138. The first-order chi connectivity index (χ1) is 16.0. The number of piperidine rings is 2. The van der Waals surface area contributed by atoms with Crippen LogP contribution in [0.3, 0.4) is 0 Å². The van der Waals surface area contributed by atoms with E-state index >= 15 is 0 Å². The number of nitrogen functional groups attached to an aromatic ring is 1. The zero-order valence-corrected chi connectivity index (χ0v) is 19.9. The predicted octanol–water partition coefficient (Wildman–Crippen LogP) is 3.82. The Balaban J connectivity index is 1.29. The minimum atomic E-state index is 0.107. The maximum atomic E-state index is 13.2. The lowest BCUT2D eigenvalue weighted by Crippen LogP contribution is -2.46. The molecule has 2 fully saturated rings. The predicted molar refractivity (Wildman–Crippen MR) is 131 cm³/mol. The molecule has 0 saturated carbocycles. The Kier molecular flexibility index (Phi) is 7.83. The van der Waals surface area contributed by atoms with Gasteiger partial charge < -0.3 is 15.5 Å². The third-order valence-corrected chi connectivity index (χ3v) is 7.05. The Labute approximate surface area is 200 Å². The molecule has 1 aromatic heterocycles. The van der Waals surface area contributed by atoms with E-state index in [1.165, 1.54) is 5.56 Å². The summed E-state index contributed by atoms with van der Waals surface area (Å²) >= 11 is 6.41. The summed E-state index contributed by atoms with van der Waals surface area (Å²) in [4.78, 5) is 26.8. The van der Waals surface area contributed by atoms with Crippen molar-refractivity contribution in [3.05, 3.63) is 58.7 Å². The minimum Gasteiger partial charge on any atom is -0.399 e. The molecule has 0 radical (unpaired) electrons. The maximum absolute atomic E-state index is 13.2. The highest BCUT2D eigenvalue weighted by atomic mass is 35.5. The molecule has 2 N–H and O–H groups in total. The molecular formula is C25H32ClN5O2. The average Bonchev–Trinajstić information content (AvgIpc) is 2.83. The number of carbonyl (C=O) groups is 1. The lowest BCUT2D eigenvalue weighted by Gasteiger charge is -2.37. The normalized spacial score (nSPS) is 19.0. The number of pyridine rings is 1. The van der Waals surface area contributed by atoms with Gasteiger partial charge in [0.15, 0.2) is 0 Å². The van der Waals surface area contributed by atoms with Crippen LogP contribution in [-0.2, 0) is 16.2 Å². The molecule has 7 nitrogen and oxygen atoms in total. The third kappa shape index (κ3) is 5.84. The van der Waals surface area contributed by atoms with Crippen LogP contribution >= 0.6 is 11.6 Å². The zero-order valence-electron chi connectivity index (χ0n) is 19.1. The summed E-state index contributed by atoms with van der Waals surface area (Å²) in [5.74, 6) is 1.18. The van der Waals surface area contributed by atoms with Crippen LogP contribution in [0, 0.1) is 11.8 Å². The largest absolute Gasteiger partial charge is 0.399 e. The van der Waals surface area contributed by atoms with Crippen molar-refractivity contribution in [1.29, 1.82) is 0 Å². The molecule has 4 rings (SSSR count). The van der Waals surface area contributed by atoms with Crippen LogP contribution in [0.5, 0.6) is 0 Å². The number of aromatic nitrogens is 1. The summed E-state index contributed by atoms with van der Waals surface area (Å²) < 4.78 is 0. The van der Waals surface area contributed by atoms with Gasteiger partial charge in [-0.1, -0.05) is 35.0 Å². The van der Waals surface area contributed by atoms with Crippen molar-refractivity contribution in [2.75, 3.05) is 39.0 Å². The minimum absolute atomic E-state index is 0.107. The Morgan fingerprint density at radius 2 is 1.82 bits per heavy atom. The first kappa shape index (κ1) is 23.5. The summed E-state index contributed by atoms with van der Waals surface area (Å²) in [6.07, 6.45) is 5.27. The van der Waals surface area contributed by atoms with Gasteiger partial charge in [-0.05, 0) is 62.5 Å². The number of hydrogen-bond donors (Lipinski definition) is 1. The van der Waals surface area contributed by atoms with E-state index in [2.05, 4.69) is 15.0 Å². The Bertz CT molecular complexity index is 982. The molecule has 0 atom stereocenters. The molecule has 0 unspecified atom stereocenters. The molecule has 3 heterocycles. The van der Waals surface area contributed by atoms with Crippen LogP contribution < -0.4 is 5.73 Å². The molecular weight excluding hydrogens is 438 g/mol. The standard InChI is InChI=1S/C25H32ClN5O2/c1-33-29-24(21-4-2-3-5-22(21)26)19-9-14-31(15-10-19)25(32)20-7-12-30(13-8-20)17-18-6-11-28-23(27)16-18/h2-6,11,16,19-20H,7-10,12-15,17H2,1H3,(H2,27,28). The topological polar surface area (TPSA) is 84.0 Å². The SMILES string of the molecule is CON=C(c1ccccc1Cl)C1CCN(C(=O)C2CCN(Cc3ccnc(N)c3)CC2)CC1. The molecule has 8 heteroatoms. The molecule has 1 aromatic carbocycles. The second-order valence-corrected chi connectivity index (χ2v) is 9.29. The number of nitrogens with zero attached hydrogens (tertiary/aromatic N) is 4. The fourth-order valence-corrected chi connectivity index (χ4v) is 5.16. The van der Waals surface area contributed by atoms with Crippen LogP contribution in [0.1, 0.15) is 36.8 Å². The summed E-state index contributed by atoms with van der Waals surface area (Å²) in [6.45, 7) is 4.18. The van der Waals surface area contributed by atoms with E-state index in [0.29, 0.717) is 16.7 Å². The Hall–Kier alpha value is -2.64. The maximum Gasteiger partial charge on any atom is 0.225 e. The molecule has 1 amide bonds. The van der Waals surface area contributed by atoms with Crippen molar-refractivity contribution < 1.29 is 9.63 Å². The first-order valence-electron chi connectivity index (χ1n) is 11.6. The molecule has 2 aliphatic rings. The van der Waals surface area contributed by atoms with Gasteiger partial charge >= 0.3 is 0 Å². The fourth-order valence-electron chi connectivity index (χ4n) is 4.93. The number of oxime groups is 1. The van der Waals surface area contributed by atoms with Gasteiger partial charge in [0.25, 0.3) is 0 Å². The zero-order chi connectivity index (χ0) is 23.2. The number of benzene rings is 1. The van der Waals surface area contributed by atoms with Crippen molar-refractivity contribution in [2.45, 2.75) is 32.2 Å². The number of rotatable bonds is 6. The highest BCUT2D eigenvalue weighted by Crippen LogP contribution is 2.29. The number of amides is 1. The summed E-state index contributed by atoms with van der Waals surface area (Å²) in [5, 5.41) is 4.97. The second kappa shape index (κ2) is 11.0. The highest BCUT2D eigenvalue weighted by molar-refractivity contribution is 6.34. The van der Waals surface area contributed by atoms with Gasteiger partial charge in [0, 0.05) is 48.3 Å². The summed E-state index contributed by atoms with van der Waals surface area (Å²) in [5.41, 5.74) is 8.75. The molecule has 2 saturated heterocycles. The summed E-state index contributed by atoms with van der Waals surface area (Å²) in [6, 6.07) is 11.6. The van der Waals surface area contributed by atoms with Crippen molar-refractivity contribution >= 4 is 29.0 Å². The van der Waals surface area contributed by atoms with E-state index in [9.17, 15) is 4.79 Å². The lowest BCUT2D eigenvalue weighted by atomic mass is 9.87. The van der Waals surface area contributed by atoms with E-state index < -0.39 is 0 Å². The van der Waals surface area contributed by atoms with Gasteiger partial charge in [-0.2, -0.15) is 0 Å². The molecule has 2 aromatic rings. The number of hydrogen-bond acceptors (Lipinski definition) is 6. The van der Waals surface area contributed by atoms with Crippen molar-refractivity contribution in [3.63, 3.8) is 0 Å². The molecule has 176 valence electrons. The smallest absolute Gasteiger partial charge is 0.225 e. The van der Waals surface area contributed by atoms with Gasteiger partial charge in [-0.3, -0.25) is 9.69 Å². The van der Waals surface area contributed by atoms with Crippen LogP contribution in [-0.4, -0.2) is 59.7 Å². The third-order valence-electron chi connectivity index (χ3n) is 6.72. The van der Waals surface area contributed by atoms with Gasteiger partial charge in [0.1, 0.15) is 12.9 Å².